The van der Waals surface area contributed by atoms with Crippen molar-refractivity contribution in [3.63, 3.8) is 0 Å². The minimum Gasteiger partial charge on any atom is -0.465 e. The van der Waals surface area contributed by atoms with Crippen LogP contribution in [-0.4, -0.2) is 24.1 Å². The van der Waals surface area contributed by atoms with Crippen molar-refractivity contribution in [2.75, 3.05) is 12.4 Å². The van der Waals surface area contributed by atoms with E-state index in [2.05, 4.69) is 10.6 Å². The second-order valence-corrected chi connectivity index (χ2v) is 7.17. The molecule has 0 atom stereocenters. The summed E-state index contributed by atoms with van der Waals surface area (Å²) in [5, 5.41) is 6.50. The highest BCUT2D eigenvalue weighted by Gasteiger charge is 2.27. The quantitative estimate of drug-likeness (QED) is 0.652. The summed E-state index contributed by atoms with van der Waals surface area (Å²) in [5.74, 6) is -0.228. The maximum atomic E-state index is 12.0. The molecule has 0 aliphatic heterocycles. The number of amides is 1. The van der Waals surface area contributed by atoms with Crippen molar-refractivity contribution in [1.82, 2.24) is 5.32 Å². The van der Waals surface area contributed by atoms with Crippen molar-refractivity contribution in [3.8, 4) is 0 Å². The van der Waals surface area contributed by atoms with Crippen molar-refractivity contribution in [3.05, 3.63) is 16.0 Å². The van der Waals surface area contributed by atoms with Crippen LogP contribution < -0.4 is 10.6 Å². The number of anilines is 1. The van der Waals surface area contributed by atoms with E-state index in [4.69, 9.17) is 17.0 Å². The molecule has 1 aliphatic carbocycles. The fourth-order valence-electron chi connectivity index (χ4n) is 2.49. The van der Waals surface area contributed by atoms with Crippen LogP contribution in [0.3, 0.4) is 0 Å². The number of fused-ring (bicyclic) bond motifs is 1. The molecule has 0 unspecified atom stereocenters. The van der Waals surface area contributed by atoms with Crippen LogP contribution in [0.4, 0.5) is 5.00 Å². The lowest BCUT2D eigenvalue weighted by Crippen LogP contribution is -2.34. The van der Waals surface area contributed by atoms with Gasteiger partial charge >= 0.3 is 5.97 Å². The third-order valence-electron chi connectivity index (χ3n) is 3.38. The number of esters is 1. The number of nitrogens with one attached hydrogen (secondary N) is 2. The maximum Gasteiger partial charge on any atom is 0.341 e. The van der Waals surface area contributed by atoms with Gasteiger partial charge in [0.2, 0.25) is 5.91 Å². The summed E-state index contributed by atoms with van der Waals surface area (Å²) in [6.45, 7) is 3.93. The Balaban J connectivity index is 2.11. The van der Waals surface area contributed by atoms with Crippen LogP contribution in [0.15, 0.2) is 0 Å². The zero-order valence-corrected chi connectivity index (χ0v) is 14.6. The van der Waals surface area contributed by atoms with Gasteiger partial charge in [-0.15, -0.1) is 11.3 Å². The monoisotopic (exact) mass is 340 g/mol. The van der Waals surface area contributed by atoms with E-state index < -0.39 is 0 Å². The first-order chi connectivity index (χ1) is 10.4. The predicted molar refractivity (Wildman–Crippen MR) is 91.5 cm³/mol. The van der Waals surface area contributed by atoms with Crippen molar-refractivity contribution in [2.45, 2.75) is 39.5 Å². The molecule has 0 aromatic carbocycles. The van der Waals surface area contributed by atoms with Crippen LogP contribution in [0.2, 0.25) is 0 Å². The number of ether oxygens (including phenoxy) is 1. The molecule has 22 heavy (non-hydrogen) atoms. The smallest absolute Gasteiger partial charge is 0.341 e. The molecule has 2 N–H and O–H groups in total. The van der Waals surface area contributed by atoms with E-state index in [0.29, 0.717) is 17.0 Å². The van der Waals surface area contributed by atoms with E-state index in [1.54, 1.807) is 0 Å². The topological polar surface area (TPSA) is 67.4 Å². The third kappa shape index (κ3) is 3.84. The molecule has 0 bridgehead atoms. The van der Waals surface area contributed by atoms with Gasteiger partial charge in [-0.2, -0.15) is 0 Å². The highest BCUT2D eigenvalue weighted by Crippen LogP contribution is 2.39. The molecule has 1 aliphatic rings. The van der Waals surface area contributed by atoms with Crippen LogP contribution in [-0.2, 0) is 22.4 Å². The van der Waals surface area contributed by atoms with Gasteiger partial charge in [0, 0.05) is 11.3 Å². The van der Waals surface area contributed by atoms with E-state index >= 15 is 0 Å². The Hall–Kier alpha value is -1.47. The Morgan fingerprint density at radius 3 is 2.73 bits per heavy atom. The average molecular weight is 340 g/mol. The second kappa shape index (κ2) is 7.19. The molecule has 0 fully saturated rings. The van der Waals surface area contributed by atoms with Crippen LogP contribution in [0.25, 0.3) is 0 Å². The predicted octanol–water partition coefficient (Wildman–Crippen LogP) is 2.88. The summed E-state index contributed by atoms with van der Waals surface area (Å²) >= 11 is 6.68. The molecule has 0 saturated heterocycles. The van der Waals surface area contributed by atoms with E-state index in [1.165, 1.54) is 23.3 Å². The van der Waals surface area contributed by atoms with Crippen molar-refractivity contribution < 1.29 is 14.3 Å². The number of thiocarbonyl (C=S) groups is 1. The Kier molecular flexibility index (Phi) is 5.52. The number of carbonyl (C=O) groups is 2. The maximum absolute atomic E-state index is 12.0. The fourth-order valence-corrected chi connectivity index (χ4v) is 4.06. The standard InChI is InChI=1S/C15H20N2O3S2/c1-8(2)7-11(18)16-15(21)17-13-12(14(19)20-3)9-5-4-6-10(9)22-13/h8H,4-7H2,1-3H3,(H2,16,17,18,21). The lowest BCUT2D eigenvalue weighted by molar-refractivity contribution is -0.120. The fraction of sp³-hybridized carbons (Fsp3) is 0.533. The van der Waals surface area contributed by atoms with Crippen LogP contribution >= 0.6 is 23.6 Å². The Labute approximate surface area is 139 Å². The second-order valence-electron chi connectivity index (χ2n) is 5.65. The van der Waals surface area contributed by atoms with E-state index in [-0.39, 0.29) is 22.9 Å². The van der Waals surface area contributed by atoms with Gasteiger partial charge in [0.15, 0.2) is 5.11 Å². The van der Waals surface area contributed by atoms with Crippen LogP contribution in [0, 0.1) is 5.92 Å². The number of aryl methyl sites for hydroxylation is 1. The van der Waals surface area contributed by atoms with E-state index in [1.807, 2.05) is 13.8 Å². The molecular weight excluding hydrogens is 320 g/mol. The number of carbonyl (C=O) groups excluding carboxylic acids is 2. The van der Waals surface area contributed by atoms with Gasteiger partial charge in [-0.3, -0.25) is 4.79 Å². The van der Waals surface area contributed by atoms with Crippen molar-refractivity contribution in [1.29, 1.82) is 0 Å². The minimum atomic E-state index is -0.363. The van der Waals surface area contributed by atoms with Crippen LogP contribution in [0.1, 0.15) is 47.5 Å². The number of hydrogen-bond acceptors (Lipinski definition) is 5. The lowest BCUT2D eigenvalue weighted by atomic mass is 10.1. The number of thiophene rings is 1. The SMILES string of the molecule is COC(=O)c1c(NC(=S)NC(=O)CC(C)C)sc2c1CCC2. The molecule has 1 heterocycles. The first kappa shape index (κ1) is 16.9. The summed E-state index contributed by atoms with van der Waals surface area (Å²) < 4.78 is 4.87. The molecule has 1 aromatic rings. The molecule has 7 heteroatoms. The molecule has 1 aromatic heterocycles. The zero-order chi connectivity index (χ0) is 16.3. The summed E-state index contributed by atoms with van der Waals surface area (Å²) in [6.07, 6.45) is 3.32. The van der Waals surface area contributed by atoms with Gasteiger partial charge in [-0.25, -0.2) is 4.79 Å². The molecule has 0 saturated carbocycles. The lowest BCUT2D eigenvalue weighted by Gasteiger charge is -2.11. The first-order valence-electron chi connectivity index (χ1n) is 7.26. The molecule has 1 amide bonds. The van der Waals surface area contributed by atoms with Crippen molar-refractivity contribution in [2.24, 2.45) is 5.92 Å². The Morgan fingerprint density at radius 1 is 1.36 bits per heavy atom. The van der Waals surface area contributed by atoms with Gasteiger partial charge in [0.05, 0.1) is 12.7 Å². The van der Waals surface area contributed by atoms with E-state index in [9.17, 15) is 9.59 Å². The van der Waals surface area contributed by atoms with E-state index in [0.717, 1.165) is 24.8 Å². The molecular formula is C15H20N2O3S2. The third-order valence-corrected chi connectivity index (χ3v) is 4.80. The zero-order valence-electron chi connectivity index (χ0n) is 12.9. The van der Waals surface area contributed by atoms with Gasteiger partial charge in [0.25, 0.3) is 0 Å². The largest absolute Gasteiger partial charge is 0.465 e. The van der Waals surface area contributed by atoms with Gasteiger partial charge in [0.1, 0.15) is 5.00 Å². The highest BCUT2D eigenvalue weighted by atomic mass is 32.1. The average Bonchev–Trinajstić information content (AvgIpc) is 2.96. The summed E-state index contributed by atoms with van der Waals surface area (Å²) in [6, 6.07) is 0. The Bertz CT molecular complexity index is 608. The first-order valence-corrected chi connectivity index (χ1v) is 8.48. The van der Waals surface area contributed by atoms with Crippen LogP contribution in [0.5, 0.6) is 0 Å². The summed E-state index contributed by atoms with van der Waals surface area (Å²) in [4.78, 5) is 25.0. The normalized spacial score (nSPS) is 12.9. The number of rotatable bonds is 4. The Morgan fingerprint density at radius 2 is 2.09 bits per heavy atom. The molecule has 5 nitrogen and oxygen atoms in total. The van der Waals surface area contributed by atoms with Crippen molar-refractivity contribution >= 4 is 45.5 Å². The van der Waals surface area contributed by atoms with Gasteiger partial charge in [-0.1, -0.05) is 13.8 Å². The molecule has 0 radical (unpaired) electrons. The van der Waals surface area contributed by atoms with Gasteiger partial charge < -0.3 is 15.4 Å². The number of hydrogen-bond donors (Lipinski definition) is 2. The molecule has 120 valence electrons. The highest BCUT2D eigenvalue weighted by molar-refractivity contribution is 7.80. The molecule has 0 spiro atoms. The molecule has 2 rings (SSSR count). The minimum absolute atomic E-state index is 0.129. The van der Waals surface area contributed by atoms with Gasteiger partial charge in [-0.05, 0) is 43.0 Å². The number of methoxy groups -OCH3 is 1. The summed E-state index contributed by atoms with van der Waals surface area (Å²) in [7, 11) is 1.37. The summed E-state index contributed by atoms with van der Waals surface area (Å²) in [5.41, 5.74) is 1.61.